The van der Waals surface area contributed by atoms with E-state index < -0.39 is 0 Å². The smallest absolute Gasteiger partial charge is 0.0650 e. The SMILES string of the molecule is CC(C)c1cc(CN2CCN(Cc3ccccc3)[C@H](CCO)C2)[nH]n1. The Labute approximate surface area is 150 Å². The third-order valence-electron chi connectivity index (χ3n) is 5.02. The van der Waals surface area contributed by atoms with E-state index >= 15 is 0 Å². The average molecular weight is 342 g/mol. The minimum atomic E-state index is 0.241. The van der Waals surface area contributed by atoms with Gasteiger partial charge in [-0.1, -0.05) is 44.2 Å². The maximum absolute atomic E-state index is 9.48. The van der Waals surface area contributed by atoms with E-state index in [1.807, 2.05) is 0 Å². The van der Waals surface area contributed by atoms with Crippen LogP contribution in [0.2, 0.25) is 0 Å². The number of nitrogens with one attached hydrogen (secondary N) is 1. The summed E-state index contributed by atoms with van der Waals surface area (Å²) in [6.07, 6.45) is 0.823. The molecule has 1 fully saturated rings. The van der Waals surface area contributed by atoms with Crippen molar-refractivity contribution in [3.63, 3.8) is 0 Å². The molecule has 3 rings (SSSR count). The van der Waals surface area contributed by atoms with Crippen LogP contribution in [0.4, 0.5) is 0 Å². The summed E-state index contributed by atoms with van der Waals surface area (Å²) in [7, 11) is 0. The van der Waals surface area contributed by atoms with Gasteiger partial charge in [-0.15, -0.1) is 0 Å². The van der Waals surface area contributed by atoms with Crippen LogP contribution < -0.4 is 0 Å². The van der Waals surface area contributed by atoms with Gasteiger partial charge in [0.25, 0.3) is 0 Å². The second-order valence-electron chi connectivity index (χ2n) is 7.33. The van der Waals surface area contributed by atoms with Crippen molar-refractivity contribution in [1.29, 1.82) is 0 Å². The van der Waals surface area contributed by atoms with Gasteiger partial charge in [-0.05, 0) is 24.0 Å². The molecule has 2 N–H and O–H groups in total. The van der Waals surface area contributed by atoms with Gasteiger partial charge in [0, 0.05) is 51.1 Å². The standard InChI is InChI=1S/C20H30N4O/c1-16(2)20-12-18(21-22-20)14-23-9-10-24(19(15-23)8-11-25)13-17-6-4-3-5-7-17/h3-7,12,16,19,25H,8-11,13-15H2,1-2H3,(H,21,22)/t19-/m1/s1. The van der Waals surface area contributed by atoms with Crippen molar-refractivity contribution in [2.24, 2.45) is 0 Å². The van der Waals surface area contributed by atoms with E-state index in [9.17, 15) is 5.11 Å². The highest BCUT2D eigenvalue weighted by Gasteiger charge is 2.27. The summed E-state index contributed by atoms with van der Waals surface area (Å²) in [4.78, 5) is 4.98. The highest BCUT2D eigenvalue weighted by atomic mass is 16.3. The van der Waals surface area contributed by atoms with Gasteiger partial charge in [0.05, 0.1) is 5.69 Å². The molecule has 136 valence electrons. The first-order valence-electron chi connectivity index (χ1n) is 9.31. The summed E-state index contributed by atoms with van der Waals surface area (Å²) in [5, 5.41) is 17.1. The van der Waals surface area contributed by atoms with Crippen LogP contribution in [0.25, 0.3) is 0 Å². The van der Waals surface area contributed by atoms with Gasteiger partial charge in [-0.25, -0.2) is 0 Å². The highest BCUT2D eigenvalue weighted by molar-refractivity contribution is 5.15. The Morgan fingerprint density at radius 2 is 2.00 bits per heavy atom. The van der Waals surface area contributed by atoms with Crippen LogP contribution in [0.3, 0.4) is 0 Å². The number of hydrogen-bond acceptors (Lipinski definition) is 4. The van der Waals surface area contributed by atoms with Crippen molar-refractivity contribution >= 4 is 0 Å². The van der Waals surface area contributed by atoms with E-state index in [4.69, 9.17) is 0 Å². The zero-order chi connectivity index (χ0) is 17.6. The zero-order valence-corrected chi connectivity index (χ0v) is 15.4. The van der Waals surface area contributed by atoms with Crippen LogP contribution in [0.15, 0.2) is 36.4 Å². The van der Waals surface area contributed by atoms with Gasteiger partial charge >= 0.3 is 0 Å². The Balaban J connectivity index is 1.60. The first-order chi connectivity index (χ1) is 12.2. The van der Waals surface area contributed by atoms with Crippen molar-refractivity contribution in [1.82, 2.24) is 20.0 Å². The lowest BCUT2D eigenvalue weighted by molar-refractivity contribution is 0.0494. The normalized spacial score (nSPS) is 19.6. The molecule has 1 aliphatic rings. The molecular weight excluding hydrogens is 312 g/mol. The summed E-state index contributed by atoms with van der Waals surface area (Å²) in [5.74, 6) is 0.454. The van der Waals surface area contributed by atoms with E-state index in [1.165, 1.54) is 11.3 Å². The summed E-state index contributed by atoms with van der Waals surface area (Å²) in [6, 6.07) is 13.2. The minimum absolute atomic E-state index is 0.241. The van der Waals surface area contributed by atoms with E-state index in [0.29, 0.717) is 12.0 Å². The monoisotopic (exact) mass is 342 g/mol. The lowest BCUT2D eigenvalue weighted by Gasteiger charge is -2.41. The molecule has 1 atom stereocenters. The number of piperazine rings is 1. The number of hydrogen-bond donors (Lipinski definition) is 2. The predicted molar refractivity (Wildman–Crippen MR) is 100 cm³/mol. The van der Waals surface area contributed by atoms with Crippen LogP contribution in [-0.4, -0.2) is 57.4 Å². The Bertz CT molecular complexity index is 640. The second kappa shape index (κ2) is 8.61. The first kappa shape index (κ1) is 18.1. The largest absolute Gasteiger partial charge is 0.396 e. The molecule has 0 unspecified atom stereocenters. The number of aliphatic hydroxyl groups excluding tert-OH is 1. The first-order valence-corrected chi connectivity index (χ1v) is 9.31. The molecule has 5 nitrogen and oxygen atoms in total. The fourth-order valence-electron chi connectivity index (χ4n) is 3.55. The van der Waals surface area contributed by atoms with Gasteiger partial charge in [0.15, 0.2) is 0 Å². The van der Waals surface area contributed by atoms with Gasteiger partial charge in [-0.3, -0.25) is 14.9 Å². The Kier molecular flexibility index (Phi) is 6.24. The molecule has 1 saturated heterocycles. The molecule has 1 aliphatic heterocycles. The van der Waals surface area contributed by atoms with Gasteiger partial charge in [-0.2, -0.15) is 5.10 Å². The van der Waals surface area contributed by atoms with E-state index in [1.54, 1.807) is 0 Å². The van der Waals surface area contributed by atoms with Gasteiger partial charge in [0.1, 0.15) is 0 Å². The molecule has 1 aromatic heterocycles. The third kappa shape index (κ3) is 4.91. The molecule has 0 aliphatic carbocycles. The van der Waals surface area contributed by atoms with Gasteiger partial charge < -0.3 is 5.11 Å². The lowest BCUT2D eigenvalue weighted by atomic mass is 10.1. The molecule has 25 heavy (non-hydrogen) atoms. The quantitative estimate of drug-likeness (QED) is 0.812. The summed E-state index contributed by atoms with van der Waals surface area (Å²) >= 11 is 0. The minimum Gasteiger partial charge on any atom is -0.396 e. The number of rotatable bonds is 7. The average Bonchev–Trinajstić information content (AvgIpc) is 3.07. The summed E-state index contributed by atoms with van der Waals surface area (Å²) < 4.78 is 0. The van der Waals surface area contributed by atoms with Crippen LogP contribution >= 0.6 is 0 Å². The number of benzene rings is 1. The molecular formula is C20H30N4O. The molecule has 0 spiro atoms. The number of aliphatic hydroxyl groups is 1. The van der Waals surface area contributed by atoms with Crippen molar-refractivity contribution in [2.75, 3.05) is 26.2 Å². The molecule has 1 aromatic carbocycles. The Morgan fingerprint density at radius 3 is 2.68 bits per heavy atom. The van der Waals surface area contributed by atoms with E-state index in [2.05, 4.69) is 70.2 Å². The third-order valence-corrected chi connectivity index (χ3v) is 5.02. The van der Waals surface area contributed by atoms with Gasteiger partial charge in [0.2, 0.25) is 0 Å². The van der Waals surface area contributed by atoms with Crippen LogP contribution in [0.1, 0.15) is 43.1 Å². The van der Waals surface area contributed by atoms with E-state index in [-0.39, 0.29) is 6.61 Å². The number of H-pyrrole nitrogens is 1. The number of nitrogens with zero attached hydrogens (tertiary/aromatic N) is 3. The molecule has 0 bridgehead atoms. The summed E-state index contributed by atoms with van der Waals surface area (Å²) in [6.45, 7) is 9.51. The second-order valence-corrected chi connectivity index (χ2v) is 7.33. The van der Waals surface area contributed by atoms with Crippen molar-refractivity contribution in [3.8, 4) is 0 Å². The molecule has 0 saturated carbocycles. The fraction of sp³-hybridized carbons (Fsp3) is 0.550. The van der Waals surface area contributed by atoms with Crippen molar-refractivity contribution in [2.45, 2.75) is 45.3 Å². The maximum atomic E-state index is 9.48. The zero-order valence-electron chi connectivity index (χ0n) is 15.4. The van der Waals surface area contributed by atoms with Crippen LogP contribution in [-0.2, 0) is 13.1 Å². The fourth-order valence-corrected chi connectivity index (χ4v) is 3.55. The lowest BCUT2D eigenvalue weighted by Crippen LogP contribution is -2.52. The highest BCUT2D eigenvalue weighted by Crippen LogP contribution is 2.19. The Hall–Kier alpha value is -1.69. The molecule has 2 heterocycles. The number of aromatic nitrogens is 2. The van der Waals surface area contributed by atoms with Crippen LogP contribution in [0.5, 0.6) is 0 Å². The predicted octanol–water partition coefficient (Wildman–Crippen LogP) is 2.60. The van der Waals surface area contributed by atoms with Crippen molar-refractivity contribution < 1.29 is 5.11 Å². The molecule has 2 aromatic rings. The number of aromatic amines is 1. The Morgan fingerprint density at radius 1 is 1.20 bits per heavy atom. The maximum Gasteiger partial charge on any atom is 0.0650 e. The molecule has 5 heteroatoms. The van der Waals surface area contributed by atoms with Crippen LogP contribution in [0, 0.1) is 0 Å². The molecule has 0 radical (unpaired) electrons. The summed E-state index contributed by atoms with van der Waals surface area (Å²) in [5.41, 5.74) is 3.65. The van der Waals surface area contributed by atoms with E-state index in [0.717, 1.165) is 44.8 Å². The van der Waals surface area contributed by atoms with Crippen molar-refractivity contribution in [3.05, 3.63) is 53.3 Å². The molecule has 0 amide bonds. The topological polar surface area (TPSA) is 55.4 Å².